The number of ketones is 1. The summed E-state index contributed by atoms with van der Waals surface area (Å²) in [5, 5.41) is 5.19. The lowest BCUT2D eigenvalue weighted by Crippen LogP contribution is -2.63. The van der Waals surface area contributed by atoms with Crippen LogP contribution in [-0.2, 0) is 11.2 Å². The zero-order chi connectivity index (χ0) is 25.3. The lowest BCUT2D eigenvalue weighted by atomic mass is 9.47. The highest BCUT2D eigenvalue weighted by Gasteiger charge is 2.57. The fraction of sp³-hybridized carbons (Fsp3) is 0.545. The Morgan fingerprint density at radius 3 is 2.37 bits per heavy atom. The minimum Gasteiger partial charge on any atom is -0.380 e. The summed E-state index contributed by atoms with van der Waals surface area (Å²) < 4.78 is 0. The number of carbonyl (C=O) groups excluding carboxylic acids is 1. The molecular weight excluding hydrogens is 468 g/mol. The number of aromatic amines is 1. The molecule has 6 aliphatic rings. The van der Waals surface area contributed by atoms with Crippen molar-refractivity contribution in [2.75, 3.05) is 36.4 Å². The molecule has 198 valence electrons. The molecule has 9 rings (SSSR count). The maximum absolute atomic E-state index is 14.9. The topological polar surface area (TPSA) is 51.4 Å². The summed E-state index contributed by atoms with van der Waals surface area (Å²) in [4.78, 5) is 23.4. The van der Waals surface area contributed by atoms with Crippen LogP contribution in [-0.4, -0.2) is 53.9 Å². The Morgan fingerprint density at radius 1 is 0.868 bits per heavy atom. The van der Waals surface area contributed by atoms with Crippen molar-refractivity contribution in [2.45, 2.75) is 63.5 Å². The molecule has 4 saturated carbocycles. The van der Waals surface area contributed by atoms with Gasteiger partial charge >= 0.3 is 0 Å². The summed E-state index contributed by atoms with van der Waals surface area (Å²) in [5.41, 5.74) is 5.09. The summed E-state index contributed by atoms with van der Waals surface area (Å²) in [6.45, 7) is 3.84. The molecule has 5 nitrogen and oxygen atoms in total. The number of aryl methyl sites for hydroxylation is 1. The minimum atomic E-state index is -0.0636. The lowest BCUT2D eigenvalue weighted by Gasteiger charge is -2.58. The molecule has 2 aliphatic heterocycles. The van der Waals surface area contributed by atoms with Gasteiger partial charge in [-0.2, -0.15) is 0 Å². The fourth-order valence-corrected chi connectivity index (χ4v) is 9.61. The quantitative estimate of drug-likeness (QED) is 0.453. The Hall–Kier alpha value is -2.79. The number of aromatic nitrogens is 1. The molecule has 1 saturated heterocycles. The van der Waals surface area contributed by atoms with E-state index >= 15 is 0 Å². The third kappa shape index (κ3) is 3.72. The third-order valence-electron chi connectivity index (χ3n) is 10.9. The Bertz CT molecular complexity index is 1320. The molecule has 2 atom stereocenters. The highest BCUT2D eigenvalue weighted by molar-refractivity contribution is 5.93. The normalized spacial score (nSPS) is 33.2. The van der Waals surface area contributed by atoms with E-state index in [-0.39, 0.29) is 17.5 Å². The molecule has 2 N–H and O–H groups in total. The first-order valence-electron chi connectivity index (χ1n) is 15.1. The SMILES string of the molecule is O=C(C(C1CCc2ccccc2N1)N1CCN(c2cccc3[nH]ccc23)CC1)C12CC3CC(CC(C3)C1)C2. The Balaban J connectivity index is 1.09. The van der Waals surface area contributed by atoms with Gasteiger partial charge in [-0.1, -0.05) is 24.3 Å². The molecule has 3 heterocycles. The van der Waals surface area contributed by atoms with E-state index in [2.05, 4.69) is 68.6 Å². The molecule has 4 aliphatic carbocycles. The number of rotatable bonds is 5. The molecule has 5 heteroatoms. The summed E-state index contributed by atoms with van der Waals surface area (Å²) >= 11 is 0. The Labute approximate surface area is 226 Å². The van der Waals surface area contributed by atoms with Gasteiger partial charge in [0, 0.05) is 66.1 Å². The number of benzene rings is 2. The number of H-pyrrole nitrogens is 1. The highest BCUT2D eigenvalue weighted by Crippen LogP contribution is 2.61. The number of hydrogen-bond acceptors (Lipinski definition) is 4. The molecule has 38 heavy (non-hydrogen) atoms. The van der Waals surface area contributed by atoms with Gasteiger partial charge in [-0.05, 0) is 98.9 Å². The van der Waals surface area contributed by atoms with Gasteiger partial charge in [0.2, 0.25) is 0 Å². The van der Waals surface area contributed by atoms with Gasteiger partial charge in [0.15, 0.2) is 5.78 Å². The molecule has 5 fully saturated rings. The van der Waals surface area contributed by atoms with Gasteiger partial charge in [0.05, 0.1) is 6.04 Å². The van der Waals surface area contributed by atoms with E-state index in [1.54, 1.807) is 0 Å². The molecular formula is C33H40N4O. The molecule has 1 aromatic heterocycles. The van der Waals surface area contributed by atoms with Gasteiger partial charge in [-0.3, -0.25) is 9.69 Å². The number of piperazine rings is 1. The van der Waals surface area contributed by atoms with Gasteiger partial charge < -0.3 is 15.2 Å². The monoisotopic (exact) mass is 508 g/mol. The molecule has 0 spiro atoms. The van der Waals surface area contributed by atoms with Gasteiger partial charge in [-0.25, -0.2) is 0 Å². The number of anilines is 2. The smallest absolute Gasteiger partial charge is 0.158 e. The van der Waals surface area contributed by atoms with Crippen LogP contribution in [0.4, 0.5) is 11.4 Å². The second-order valence-corrected chi connectivity index (χ2v) is 13.2. The fourth-order valence-electron chi connectivity index (χ4n) is 9.61. The van der Waals surface area contributed by atoms with Crippen molar-refractivity contribution in [3.05, 3.63) is 60.3 Å². The molecule has 3 aromatic rings. The highest BCUT2D eigenvalue weighted by atomic mass is 16.1. The zero-order valence-electron chi connectivity index (χ0n) is 22.4. The Kier molecular flexibility index (Phi) is 5.40. The molecule has 2 aromatic carbocycles. The van der Waals surface area contributed by atoms with Crippen LogP contribution in [0, 0.1) is 23.2 Å². The van der Waals surface area contributed by atoms with Crippen molar-refractivity contribution < 1.29 is 4.79 Å². The summed E-state index contributed by atoms with van der Waals surface area (Å²) in [7, 11) is 0. The maximum atomic E-state index is 14.9. The number of Topliss-reactive ketones (excluding diaryl/α,β-unsaturated/α-hetero) is 1. The van der Waals surface area contributed by atoms with Crippen LogP contribution in [0.3, 0.4) is 0 Å². The van der Waals surface area contributed by atoms with Crippen molar-refractivity contribution in [3.8, 4) is 0 Å². The van der Waals surface area contributed by atoms with Crippen LogP contribution in [0.15, 0.2) is 54.7 Å². The standard InChI is InChI=1S/C33H40N4O/c38-32(33-19-22-16-23(20-33)18-24(17-22)21-33)31(29-9-8-25-4-1-2-5-27(25)35-29)37-14-12-36(13-15-37)30-7-3-6-28-26(30)10-11-34-28/h1-7,10-11,22-24,29,31,34-35H,8-9,12-21H2. The lowest BCUT2D eigenvalue weighted by molar-refractivity contribution is -0.150. The second-order valence-electron chi connectivity index (χ2n) is 13.2. The van der Waals surface area contributed by atoms with E-state index in [1.807, 2.05) is 6.20 Å². The molecule has 2 unspecified atom stereocenters. The van der Waals surface area contributed by atoms with Crippen molar-refractivity contribution in [2.24, 2.45) is 23.2 Å². The first-order valence-corrected chi connectivity index (χ1v) is 15.1. The minimum absolute atomic E-state index is 0.0233. The van der Waals surface area contributed by atoms with Crippen molar-refractivity contribution >= 4 is 28.1 Å². The maximum Gasteiger partial charge on any atom is 0.158 e. The van der Waals surface area contributed by atoms with Gasteiger partial charge in [0.1, 0.15) is 0 Å². The average Bonchev–Trinajstić information content (AvgIpc) is 3.42. The van der Waals surface area contributed by atoms with E-state index in [0.29, 0.717) is 5.78 Å². The average molecular weight is 509 g/mol. The summed E-state index contributed by atoms with van der Waals surface area (Å²) in [6, 6.07) is 17.7. The zero-order valence-corrected chi connectivity index (χ0v) is 22.4. The van der Waals surface area contributed by atoms with Crippen molar-refractivity contribution in [3.63, 3.8) is 0 Å². The first-order chi connectivity index (χ1) is 18.6. The third-order valence-corrected chi connectivity index (χ3v) is 10.9. The second kappa shape index (κ2) is 8.87. The van der Waals surface area contributed by atoms with E-state index in [1.165, 1.54) is 47.1 Å². The van der Waals surface area contributed by atoms with Gasteiger partial charge in [0.25, 0.3) is 0 Å². The van der Waals surface area contributed by atoms with Crippen LogP contribution in [0.25, 0.3) is 10.9 Å². The van der Waals surface area contributed by atoms with Crippen LogP contribution in [0.1, 0.15) is 50.5 Å². The van der Waals surface area contributed by atoms with Crippen molar-refractivity contribution in [1.29, 1.82) is 0 Å². The predicted molar refractivity (Wildman–Crippen MR) is 154 cm³/mol. The number of carbonyl (C=O) groups is 1. The van der Waals surface area contributed by atoms with Crippen LogP contribution >= 0.6 is 0 Å². The van der Waals surface area contributed by atoms with Crippen molar-refractivity contribution in [1.82, 2.24) is 9.88 Å². The van der Waals surface area contributed by atoms with E-state index in [9.17, 15) is 4.79 Å². The molecule has 0 amide bonds. The summed E-state index contributed by atoms with van der Waals surface area (Å²) in [5.74, 6) is 2.98. The largest absolute Gasteiger partial charge is 0.380 e. The first kappa shape index (κ1) is 23.1. The number of para-hydroxylation sites is 1. The van der Waals surface area contributed by atoms with Crippen LogP contribution in [0.2, 0.25) is 0 Å². The number of nitrogens with one attached hydrogen (secondary N) is 2. The Morgan fingerprint density at radius 2 is 1.61 bits per heavy atom. The molecule has 0 radical (unpaired) electrons. The predicted octanol–water partition coefficient (Wildman–Crippen LogP) is 5.87. The van der Waals surface area contributed by atoms with Gasteiger partial charge in [-0.15, -0.1) is 0 Å². The van der Waals surface area contributed by atoms with E-state index in [4.69, 9.17) is 0 Å². The van der Waals surface area contributed by atoms with Crippen LogP contribution < -0.4 is 10.2 Å². The summed E-state index contributed by atoms with van der Waals surface area (Å²) in [6.07, 6.45) is 11.8. The van der Waals surface area contributed by atoms with Crippen LogP contribution in [0.5, 0.6) is 0 Å². The number of hydrogen-bond donors (Lipinski definition) is 2. The van der Waals surface area contributed by atoms with E-state index in [0.717, 1.165) is 76.0 Å². The number of fused-ring (bicyclic) bond motifs is 2. The van der Waals surface area contributed by atoms with E-state index < -0.39 is 0 Å². The molecule has 4 bridgehead atoms. The number of nitrogens with zero attached hydrogens (tertiary/aromatic N) is 2.